The molecular formula is C22H28ClNO2. The van der Waals surface area contributed by atoms with Crippen molar-refractivity contribution in [1.82, 2.24) is 4.90 Å². The molecule has 26 heavy (non-hydrogen) atoms. The van der Waals surface area contributed by atoms with E-state index in [-0.39, 0.29) is 11.3 Å². The van der Waals surface area contributed by atoms with E-state index in [2.05, 4.69) is 20.8 Å². The predicted molar refractivity (Wildman–Crippen MR) is 108 cm³/mol. The van der Waals surface area contributed by atoms with E-state index in [1.807, 2.05) is 55.6 Å². The van der Waals surface area contributed by atoms with Gasteiger partial charge in [-0.2, -0.15) is 0 Å². The molecule has 0 spiro atoms. The van der Waals surface area contributed by atoms with E-state index in [9.17, 15) is 4.79 Å². The molecule has 0 aliphatic carbocycles. The summed E-state index contributed by atoms with van der Waals surface area (Å²) in [6.45, 7) is 7.85. The fourth-order valence-electron chi connectivity index (χ4n) is 2.61. The lowest BCUT2D eigenvalue weighted by atomic mass is 9.86. The second kappa shape index (κ2) is 9.09. The number of hydrogen-bond acceptors (Lipinski definition) is 2. The molecule has 2 aromatic rings. The van der Waals surface area contributed by atoms with Gasteiger partial charge >= 0.3 is 0 Å². The maximum Gasteiger partial charge on any atom is 0.253 e. The number of ether oxygens (including phenoxy) is 1. The molecule has 0 radical (unpaired) electrons. The molecule has 0 N–H and O–H groups in total. The first-order chi connectivity index (χ1) is 12.3. The molecule has 0 aromatic heterocycles. The van der Waals surface area contributed by atoms with Gasteiger partial charge in [-0.3, -0.25) is 4.79 Å². The standard InChI is InChI=1S/C22H28ClNO2/c1-22(2,3)18-9-7-17(8-10-18)21(25)24(4)15-5-6-16-26-20-13-11-19(23)12-14-20/h7-14H,5-6,15-16H2,1-4H3. The minimum absolute atomic E-state index is 0.0593. The van der Waals surface area contributed by atoms with Gasteiger partial charge in [-0.05, 0) is 60.2 Å². The first-order valence-electron chi connectivity index (χ1n) is 9.02. The fraction of sp³-hybridized carbons (Fsp3) is 0.409. The maximum absolute atomic E-state index is 12.5. The van der Waals surface area contributed by atoms with Crippen molar-refractivity contribution in [2.24, 2.45) is 0 Å². The summed E-state index contributed by atoms with van der Waals surface area (Å²) in [7, 11) is 1.85. The Labute approximate surface area is 161 Å². The van der Waals surface area contributed by atoms with Crippen molar-refractivity contribution in [2.45, 2.75) is 39.0 Å². The Morgan fingerprint density at radius 3 is 2.19 bits per heavy atom. The van der Waals surface area contributed by atoms with E-state index in [0.717, 1.165) is 24.2 Å². The van der Waals surface area contributed by atoms with Gasteiger partial charge in [0, 0.05) is 24.2 Å². The number of nitrogens with zero attached hydrogens (tertiary/aromatic N) is 1. The van der Waals surface area contributed by atoms with Crippen molar-refractivity contribution in [3.05, 3.63) is 64.7 Å². The molecule has 2 aromatic carbocycles. The first-order valence-corrected chi connectivity index (χ1v) is 9.39. The highest BCUT2D eigenvalue weighted by Gasteiger charge is 2.15. The Morgan fingerprint density at radius 1 is 1.00 bits per heavy atom. The van der Waals surface area contributed by atoms with Gasteiger partial charge in [-0.15, -0.1) is 0 Å². The molecule has 0 aliphatic rings. The Balaban J connectivity index is 1.74. The monoisotopic (exact) mass is 373 g/mol. The van der Waals surface area contributed by atoms with E-state index in [0.29, 0.717) is 18.2 Å². The van der Waals surface area contributed by atoms with Crippen LogP contribution in [-0.2, 0) is 5.41 Å². The third kappa shape index (κ3) is 6.06. The highest BCUT2D eigenvalue weighted by molar-refractivity contribution is 6.30. The summed E-state index contributed by atoms with van der Waals surface area (Å²) in [5, 5.41) is 0.702. The van der Waals surface area contributed by atoms with Gasteiger partial charge in [0.05, 0.1) is 6.61 Å². The van der Waals surface area contributed by atoms with E-state index in [1.165, 1.54) is 5.56 Å². The van der Waals surface area contributed by atoms with Crippen molar-refractivity contribution in [3.63, 3.8) is 0 Å². The summed E-state index contributed by atoms with van der Waals surface area (Å²) in [5.41, 5.74) is 2.06. The summed E-state index contributed by atoms with van der Waals surface area (Å²) in [4.78, 5) is 14.3. The molecule has 4 heteroatoms. The van der Waals surface area contributed by atoms with Crippen LogP contribution < -0.4 is 4.74 Å². The first kappa shape index (κ1) is 20.3. The predicted octanol–water partition coefficient (Wildman–Crippen LogP) is 5.57. The van der Waals surface area contributed by atoms with Crippen LogP contribution in [0.3, 0.4) is 0 Å². The quantitative estimate of drug-likeness (QED) is 0.594. The highest BCUT2D eigenvalue weighted by Crippen LogP contribution is 2.22. The highest BCUT2D eigenvalue weighted by atomic mass is 35.5. The van der Waals surface area contributed by atoms with Crippen LogP contribution in [0.2, 0.25) is 5.02 Å². The second-order valence-electron chi connectivity index (χ2n) is 7.56. The Hall–Kier alpha value is -2.00. The zero-order valence-electron chi connectivity index (χ0n) is 16.1. The molecule has 0 bridgehead atoms. The SMILES string of the molecule is CN(CCCCOc1ccc(Cl)cc1)C(=O)c1ccc(C(C)(C)C)cc1. The van der Waals surface area contributed by atoms with Crippen molar-refractivity contribution < 1.29 is 9.53 Å². The van der Waals surface area contributed by atoms with Gasteiger partial charge in [0.1, 0.15) is 5.75 Å². The van der Waals surface area contributed by atoms with Crippen LogP contribution in [0.1, 0.15) is 49.5 Å². The molecular weight excluding hydrogens is 346 g/mol. The second-order valence-corrected chi connectivity index (χ2v) is 8.00. The Bertz CT molecular complexity index is 702. The smallest absolute Gasteiger partial charge is 0.253 e. The number of hydrogen-bond donors (Lipinski definition) is 0. The van der Waals surface area contributed by atoms with Gasteiger partial charge in [0.15, 0.2) is 0 Å². The largest absolute Gasteiger partial charge is 0.494 e. The normalized spacial score (nSPS) is 11.3. The van der Waals surface area contributed by atoms with E-state index < -0.39 is 0 Å². The molecule has 1 amide bonds. The van der Waals surface area contributed by atoms with Gasteiger partial charge in [-0.1, -0.05) is 44.5 Å². The number of halogens is 1. The molecule has 0 saturated carbocycles. The summed E-state index contributed by atoms with van der Waals surface area (Å²) in [5.74, 6) is 0.877. The van der Waals surface area contributed by atoms with Gasteiger partial charge < -0.3 is 9.64 Å². The lowest BCUT2D eigenvalue weighted by molar-refractivity contribution is 0.0791. The zero-order chi connectivity index (χ0) is 19.2. The molecule has 0 fully saturated rings. The van der Waals surface area contributed by atoms with E-state index in [1.54, 1.807) is 4.90 Å². The summed E-state index contributed by atoms with van der Waals surface area (Å²) < 4.78 is 5.67. The summed E-state index contributed by atoms with van der Waals surface area (Å²) >= 11 is 5.85. The van der Waals surface area contributed by atoms with Crippen LogP contribution in [-0.4, -0.2) is 31.0 Å². The van der Waals surface area contributed by atoms with E-state index in [4.69, 9.17) is 16.3 Å². The van der Waals surface area contributed by atoms with Crippen molar-refractivity contribution >= 4 is 17.5 Å². The average molecular weight is 374 g/mol. The molecule has 3 nitrogen and oxygen atoms in total. The molecule has 0 unspecified atom stereocenters. The minimum Gasteiger partial charge on any atom is -0.494 e. The van der Waals surface area contributed by atoms with Crippen LogP contribution in [0.25, 0.3) is 0 Å². The number of rotatable bonds is 7. The van der Waals surface area contributed by atoms with E-state index >= 15 is 0 Å². The van der Waals surface area contributed by atoms with Crippen LogP contribution in [0, 0.1) is 0 Å². The number of amides is 1. The van der Waals surface area contributed by atoms with Crippen LogP contribution >= 0.6 is 11.6 Å². The fourth-order valence-corrected chi connectivity index (χ4v) is 2.73. The van der Waals surface area contributed by atoms with Crippen molar-refractivity contribution in [1.29, 1.82) is 0 Å². The zero-order valence-corrected chi connectivity index (χ0v) is 16.8. The van der Waals surface area contributed by atoms with Crippen LogP contribution in [0.5, 0.6) is 5.75 Å². The van der Waals surface area contributed by atoms with Crippen molar-refractivity contribution in [3.8, 4) is 5.75 Å². The molecule has 0 atom stereocenters. The Kier molecular flexibility index (Phi) is 7.10. The molecule has 2 rings (SSSR count). The van der Waals surface area contributed by atoms with Crippen molar-refractivity contribution in [2.75, 3.05) is 20.2 Å². The minimum atomic E-state index is 0.0593. The number of benzene rings is 2. The third-order valence-electron chi connectivity index (χ3n) is 4.31. The molecule has 0 aliphatic heterocycles. The van der Waals surface area contributed by atoms with Crippen LogP contribution in [0.4, 0.5) is 0 Å². The average Bonchev–Trinajstić information content (AvgIpc) is 2.61. The van der Waals surface area contributed by atoms with Gasteiger partial charge in [0.25, 0.3) is 5.91 Å². The molecule has 0 saturated heterocycles. The lowest BCUT2D eigenvalue weighted by Crippen LogP contribution is -2.28. The maximum atomic E-state index is 12.5. The third-order valence-corrected chi connectivity index (χ3v) is 4.57. The Morgan fingerprint density at radius 2 is 1.62 bits per heavy atom. The summed E-state index contributed by atoms with van der Waals surface area (Å²) in [6, 6.07) is 15.3. The molecule has 0 heterocycles. The lowest BCUT2D eigenvalue weighted by Gasteiger charge is -2.20. The number of carbonyl (C=O) groups is 1. The summed E-state index contributed by atoms with van der Waals surface area (Å²) in [6.07, 6.45) is 1.79. The van der Waals surface area contributed by atoms with Gasteiger partial charge in [-0.25, -0.2) is 0 Å². The van der Waals surface area contributed by atoms with Gasteiger partial charge in [0.2, 0.25) is 0 Å². The molecule has 140 valence electrons. The number of unbranched alkanes of at least 4 members (excludes halogenated alkanes) is 1. The number of carbonyl (C=O) groups excluding carboxylic acids is 1. The van der Waals surface area contributed by atoms with Crippen LogP contribution in [0.15, 0.2) is 48.5 Å². The topological polar surface area (TPSA) is 29.5 Å².